The number of rotatable bonds is 4. The maximum atomic E-state index is 12.1. The average Bonchev–Trinajstić information content (AvgIpc) is 2.35. The van der Waals surface area contributed by atoms with Crippen molar-refractivity contribution in [3.05, 3.63) is 23.3 Å². The molecule has 18 heavy (non-hydrogen) atoms. The summed E-state index contributed by atoms with van der Waals surface area (Å²) in [4.78, 5) is 11.4. The van der Waals surface area contributed by atoms with Gasteiger partial charge in [-0.3, -0.25) is 0 Å². The number of esters is 1. The minimum Gasteiger partial charge on any atom is -0.495 e. The molecule has 0 N–H and O–H groups in total. The Kier molecular flexibility index (Phi) is 4.43. The Bertz CT molecular complexity index is 497. The maximum Gasteiger partial charge on any atom is 0.387 e. The molecule has 0 aromatic heterocycles. The van der Waals surface area contributed by atoms with E-state index in [2.05, 4.69) is 9.47 Å². The number of nitriles is 1. The van der Waals surface area contributed by atoms with Crippen LogP contribution in [0.3, 0.4) is 0 Å². The number of benzene rings is 1. The van der Waals surface area contributed by atoms with E-state index < -0.39 is 12.6 Å². The monoisotopic (exact) mass is 257 g/mol. The summed E-state index contributed by atoms with van der Waals surface area (Å²) in [5.74, 6) is -1.18. The molecular weight excluding hydrogens is 248 g/mol. The maximum absolute atomic E-state index is 12.1. The minimum absolute atomic E-state index is 0.0453. The minimum atomic E-state index is -3.05. The van der Waals surface area contributed by atoms with Gasteiger partial charge in [0, 0.05) is 6.07 Å². The first kappa shape index (κ1) is 13.7. The van der Waals surface area contributed by atoms with Crippen LogP contribution in [-0.2, 0) is 4.74 Å². The normalized spacial score (nSPS) is 9.78. The van der Waals surface area contributed by atoms with E-state index in [1.807, 2.05) is 0 Å². The number of nitrogens with zero attached hydrogens (tertiary/aromatic N) is 1. The second kappa shape index (κ2) is 5.82. The Hall–Kier alpha value is -2.36. The summed E-state index contributed by atoms with van der Waals surface area (Å²) in [6.45, 7) is -3.05. The van der Waals surface area contributed by atoms with Crippen LogP contribution in [0.15, 0.2) is 12.1 Å². The van der Waals surface area contributed by atoms with Crippen molar-refractivity contribution >= 4 is 5.97 Å². The number of methoxy groups -OCH3 is 2. The first-order chi connectivity index (χ1) is 8.53. The Morgan fingerprint density at radius 3 is 2.50 bits per heavy atom. The van der Waals surface area contributed by atoms with Crippen LogP contribution in [0.2, 0.25) is 0 Å². The molecule has 0 saturated heterocycles. The summed E-state index contributed by atoms with van der Waals surface area (Å²) < 4.78 is 37.7. The highest BCUT2D eigenvalue weighted by molar-refractivity contribution is 5.93. The van der Waals surface area contributed by atoms with Crippen LogP contribution in [0.1, 0.15) is 15.9 Å². The number of carbonyl (C=O) groups is 1. The van der Waals surface area contributed by atoms with Gasteiger partial charge in [-0.15, -0.1) is 0 Å². The zero-order chi connectivity index (χ0) is 13.7. The zero-order valence-corrected chi connectivity index (χ0v) is 9.57. The van der Waals surface area contributed by atoms with Crippen LogP contribution in [0.4, 0.5) is 8.78 Å². The molecule has 0 atom stereocenters. The molecule has 5 nitrogen and oxygen atoms in total. The number of hydrogen-bond acceptors (Lipinski definition) is 5. The highest BCUT2D eigenvalue weighted by Gasteiger charge is 2.19. The molecular formula is C11H9F2NO4. The van der Waals surface area contributed by atoms with Crippen molar-refractivity contribution in [1.82, 2.24) is 0 Å². The van der Waals surface area contributed by atoms with E-state index in [0.29, 0.717) is 0 Å². The summed E-state index contributed by atoms with van der Waals surface area (Å²) >= 11 is 0. The van der Waals surface area contributed by atoms with Crippen molar-refractivity contribution in [1.29, 1.82) is 5.26 Å². The summed E-state index contributed by atoms with van der Waals surface area (Å²) in [7, 11) is 2.35. The molecule has 1 aromatic carbocycles. The van der Waals surface area contributed by atoms with E-state index in [9.17, 15) is 13.6 Å². The third-order valence-corrected chi connectivity index (χ3v) is 2.04. The molecule has 0 heterocycles. The lowest BCUT2D eigenvalue weighted by molar-refractivity contribution is -0.0500. The number of halogens is 2. The van der Waals surface area contributed by atoms with Crippen LogP contribution in [-0.4, -0.2) is 26.8 Å². The van der Waals surface area contributed by atoms with Gasteiger partial charge in [-0.1, -0.05) is 0 Å². The van der Waals surface area contributed by atoms with Gasteiger partial charge in [0.25, 0.3) is 0 Å². The second-order valence-corrected chi connectivity index (χ2v) is 3.03. The van der Waals surface area contributed by atoms with E-state index in [-0.39, 0.29) is 22.6 Å². The molecule has 1 rings (SSSR count). The molecule has 0 aliphatic heterocycles. The Morgan fingerprint density at radius 2 is 2.06 bits per heavy atom. The van der Waals surface area contributed by atoms with Crippen molar-refractivity contribution < 1.29 is 27.8 Å². The SMILES string of the molecule is COC(=O)c1cc(OC(F)F)cc(OC)c1C#N. The molecule has 96 valence electrons. The van der Waals surface area contributed by atoms with Crippen molar-refractivity contribution in [2.75, 3.05) is 14.2 Å². The van der Waals surface area contributed by atoms with E-state index in [1.54, 1.807) is 6.07 Å². The Morgan fingerprint density at radius 1 is 1.39 bits per heavy atom. The van der Waals surface area contributed by atoms with Crippen molar-refractivity contribution in [2.45, 2.75) is 6.61 Å². The van der Waals surface area contributed by atoms with E-state index >= 15 is 0 Å². The summed E-state index contributed by atoms with van der Waals surface area (Å²) in [5.41, 5.74) is -0.305. The van der Waals surface area contributed by atoms with Crippen LogP contribution < -0.4 is 9.47 Å². The number of ether oxygens (including phenoxy) is 3. The smallest absolute Gasteiger partial charge is 0.387 e. The van der Waals surface area contributed by atoms with E-state index in [1.165, 1.54) is 7.11 Å². The van der Waals surface area contributed by atoms with Gasteiger partial charge in [-0.25, -0.2) is 4.79 Å². The van der Waals surface area contributed by atoms with Gasteiger partial charge in [-0.05, 0) is 6.07 Å². The molecule has 0 bridgehead atoms. The van der Waals surface area contributed by atoms with Gasteiger partial charge in [0.15, 0.2) is 0 Å². The zero-order valence-electron chi connectivity index (χ0n) is 9.57. The predicted molar refractivity (Wildman–Crippen MR) is 55.7 cm³/mol. The first-order valence-electron chi connectivity index (χ1n) is 4.68. The molecule has 1 aromatic rings. The van der Waals surface area contributed by atoms with Gasteiger partial charge < -0.3 is 14.2 Å². The van der Waals surface area contributed by atoms with Gasteiger partial charge >= 0.3 is 12.6 Å². The highest BCUT2D eigenvalue weighted by Crippen LogP contribution is 2.29. The molecule has 0 aliphatic rings. The average molecular weight is 257 g/mol. The molecule has 0 fully saturated rings. The molecule has 0 saturated carbocycles. The topological polar surface area (TPSA) is 68.6 Å². The molecule has 0 unspecified atom stereocenters. The lowest BCUT2D eigenvalue weighted by Gasteiger charge is -2.11. The van der Waals surface area contributed by atoms with Gasteiger partial charge in [0.2, 0.25) is 0 Å². The standard InChI is InChI=1S/C11H9F2NO4/c1-16-9-4-6(18-11(12)13)3-7(8(9)5-14)10(15)17-2/h3-4,11H,1-2H3. The molecule has 7 heteroatoms. The highest BCUT2D eigenvalue weighted by atomic mass is 19.3. The second-order valence-electron chi connectivity index (χ2n) is 3.03. The van der Waals surface area contributed by atoms with Crippen molar-refractivity contribution in [2.24, 2.45) is 0 Å². The van der Waals surface area contributed by atoms with Crippen molar-refractivity contribution in [3.8, 4) is 17.6 Å². The first-order valence-corrected chi connectivity index (χ1v) is 4.68. The fourth-order valence-corrected chi connectivity index (χ4v) is 1.31. The Labute approximate surface area is 101 Å². The third-order valence-electron chi connectivity index (χ3n) is 2.04. The molecule has 0 spiro atoms. The predicted octanol–water partition coefficient (Wildman–Crippen LogP) is 1.95. The van der Waals surface area contributed by atoms with Crippen LogP contribution in [0.25, 0.3) is 0 Å². The van der Waals surface area contributed by atoms with Gasteiger partial charge in [0.05, 0.1) is 19.8 Å². The number of carbonyl (C=O) groups excluding carboxylic acids is 1. The number of alkyl halides is 2. The van der Waals surface area contributed by atoms with E-state index in [0.717, 1.165) is 19.2 Å². The van der Waals surface area contributed by atoms with Gasteiger partial charge in [-0.2, -0.15) is 14.0 Å². The molecule has 0 amide bonds. The summed E-state index contributed by atoms with van der Waals surface area (Å²) in [6.07, 6.45) is 0. The summed E-state index contributed by atoms with van der Waals surface area (Å²) in [5, 5.41) is 8.92. The molecule has 0 aliphatic carbocycles. The van der Waals surface area contributed by atoms with Crippen LogP contribution in [0.5, 0.6) is 11.5 Å². The summed E-state index contributed by atoms with van der Waals surface area (Å²) in [6, 6.07) is 3.84. The quantitative estimate of drug-likeness (QED) is 0.771. The third kappa shape index (κ3) is 2.85. The van der Waals surface area contributed by atoms with Gasteiger partial charge in [0.1, 0.15) is 23.1 Å². The largest absolute Gasteiger partial charge is 0.495 e. The van der Waals surface area contributed by atoms with Crippen molar-refractivity contribution in [3.63, 3.8) is 0 Å². The Balaban J connectivity index is 3.37. The fraction of sp³-hybridized carbons (Fsp3) is 0.273. The molecule has 0 radical (unpaired) electrons. The lowest BCUT2D eigenvalue weighted by atomic mass is 10.1. The van der Waals surface area contributed by atoms with E-state index in [4.69, 9.17) is 10.00 Å². The fourth-order valence-electron chi connectivity index (χ4n) is 1.31. The lowest BCUT2D eigenvalue weighted by Crippen LogP contribution is -2.08. The van der Waals surface area contributed by atoms with Crippen LogP contribution >= 0.6 is 0 Å². The van der Waals surface area contributed by atoms with Crippen LogP contribution in [0, 0.1) is 11.3 Å². The number of hydrogen-bond donors (Lipinski definition) is 0.